The average Bonchev–Trinajstić information content (AvgIpc) is 2.47. The Morgan fingerprint density at radius 2 is 2.06 bits per heavy atom. The van der Waals surface area contributed by atoms with Crippen LogP contribution in [-0.4, -0.2) is 6.54 Å². The van der Waals surface area contributed by atoms with Crippen LogP contribution in [-0.2, 0) is 6.42 Å². The fourth-order valence-electron chi connectivity index (χ4n) is 2.21. The molecule has 3 rings (SSSR count). The first kappa shape index (κ1) is 9.52. The van der Waals surface area contributed by atoms with Gasteiger partial charge in [0.2, 0.25) is 0 Å². The van der Waals surface area contributed by atoms with Crippen molar-refractivity contribution in [2.45, 2.75) is 19.8 Å². The number of benzene rings is 1. The Morgan fingerprint density at radius 3 is 3.00 bits per heavy atom. The molecule has 16 heavy (non-hydrogen) atoms. The van der Waals surface area contributed by atoms with Gasteiger partial charge >= 0.3 is 0 Å². The molecule has 0 atom stereocenters. The monoisotopic (exact) mass is 213 g/mol. The zero-order valence-electron chi connectivity index (χ0n) is 9.42. The summed E-state index contributed by atoms with van der Waals surface area (Å²) in [5.41, 5.74) is 3.86. The summed E-state index contributed by atoms with van der Waals surface area (Å²) in [5, 5.41) is 3.36. The lowest BCUT2D eigenvalue weighted by Crippen LogP contribution is -2.21. The number of hydrogen-bond donors (Lipinski definition) is 1. The Labute approximate surface area is 95.6 Å². The first-order chi connectivity index (χ1) is 7.83. The standard InChI is InChI=1S/C14H15NO/c1-10-8-14-12(9-15-10)7-6-11-4-2-3-5-13(11)16-14/h2-5,8,15H,6-7,9H2,1H3. The van der Waals surface area contributed by atoms with E-state index < -0.39 is 0 Å². The molecule has 0 saturated carbocycles. The Balaban J connectivity index is 2.00. The second-order valence-corrected chi connectivity index (χ2v) is 4.36. The molecular weight excluding hydrogens is 198 g/mol. The van der Waals surface area contributed by atoms with Crippen LogP contribution in [0.2, 0.25) is 0 Å². The van der Waals surface area contributed by atoms with Crippen molar-refractivity contribution in [3.63, 3.8) is 0 Å². The molecule has 2 aliphatic heterocycles. The molecule has 0 spiro atoms. The lowest BCUT2D eigenvalue weighted by Gasteiger charge is -2.18. The van der Waals surface area contributed by atoms with Crippen molar-refractivity contribution in [2.24, 2.45) is 0 Å². The fraction of sp³-hybridized carbons (Fsp3) is 0.286. The van der Waals surface area contributed by atoms with Crippen molar-refractivity contribution in [3.8, 4) is 5.75 Å². The number of rotatable bonds is 0. The molecule has 2 aliphatic rings. The van der Waals surface area contributed by atoms with Gasteiger partial charge in [-0.3, -0.25) is 0 Å². The van der Waals surface area contributed by atoms with E-state index in [1.165, 1.54) is 16.8 Å². The Kier molecular flexibility index (Phi) is 2.21. The lowest BCUT2D eigenvalue weighted by atomic mass is 10.0. The molecule has 2 heteroatoms. The highest BCUT2D eigenvalue weighted by atomic mass is 16.5. The SMILES string of the molecule is CC1=CC2=C(CCc3ccccc3O2)CN1. The summed E-state index contributed by atoms with van der Waals surface area (Å²) in [6, 6.07) is 8.31. The van der Waals surface area contributed by atoms with E-state index in [0.29, 0.717) is 0 Å². The smallest absolute Gasteiger partial charge is 0.130 e. The van der Waals surface area contributed by atoms with Crippen LogP contribution in [0.15, 0.2) is 47.4 Å². The van der Waals surface area contributed by atoms with Crippen LogP contribution in [0, 0.1) is 0 Å². The van der Waals surface area contributed by atoms with Crippen molar-refractivity contribution in [2.75, 3.05) is 6.54 Å². The van der Waals surface area contributed by atoms with E-state index in [9.17, 15) is 0 Å². The van der Waals surface area contributed by atoms with Crippen LogP contribution in [0.1, 0.15) is 18.9 Å². The van der Waals surface area contributed by atoms with E-state index in [1.807, 2.05) is 6.07 Å². The molecule has 1 aromatic rings. The van der Waals surface area contributed by atoms with Gasteiger partial charge in [0.05, 0.1) is 0 Å². The summed E-state index contributed by atoms with van der Waals surface area (Å²) in [6.07, 6.45) is 4.26. The predicted octanol–water partition coefficient (Wildman–Crippen LogP) is 2.77. The fourth-order valence-corrected chi connectivity index (χ4v) is 2.21. The molecule has 0 bridgehead atoms. The van der Waals surface area contributed by atoms with Gasteiger partial charge in [-0.1, -0.05) is 18.2 Å². The maximum absolute atomic E-state index is 5.99. The Morgan fingerprint density at radius 1 is 1.19 bits per heavy atom. The molecule has 1 aromatic carbocycles. The summed E-state index contributed by atoms with van der Waals surface area (Å²) in [6.45, 7) is 3.00. The average molecular weight is 213 g/mol. The third-order valence-corrected chi connectivity index (χ3v) is 3.17. The van der Waals surface area contributed by atoms with Crippen molar-refractivity contribution < 1.29 is 4.74 Å². The zero-order valence-corrected chi connectivity index (χ0v) is 9.42. The van der Waals surface area contributed by atoms with Crippen LogP contribution in [0.25, 0.3) is 0 Å². The molecule has 0 fully saturated rings. The predicted molar refractivity (Wildman–Crippen MR) is 64.2 cm³/mol. The molecule has 0 radical (unpaired) electrons. The highest BCUT2D eigenvalue weighted by molar-refractivity contribution is 5.41. The summed E-state index contributed by atoms with van der Waals surface area (Å²) < 4.78 is 5.99. The zero-order chi connectivity index (χ0) is 11.0. The minimum absolute atomic E-state index is 0.922. The number of ether oxygens (including phenoxy) is 1. The second-order valence-electron chi connectivity index (χ2n) is 4.36. The highest BCUT2D eigenvalue weighted by Crippen LogP contribution is 2.30. The van der Waals surface area contributed by atoms with E-state index in [1.54, 1.807) is 0 Å². The molecule has 0 aromatic heterocycles. The van der Waals surface area contributed by atoms with Gasteiger partial charge in [-0.15, -0.1) is 0 Å². The van der Waals surface area contributed by atoms with Gasteiger partial charge in [0.1, 0.15) is 11.5 Å². The first-order valence-corrected chi connectivity index (χ1v) is 5.73. The summed E-state index contributed by atoms with van der Waals surface area (Å²) in [7, 11) is 0. The maximum atomic E-state index is 5.99. The molecule has 1 N–H and O–H groups in total. The van der Waals surface area contributed by atoms with Crippen LogP contribution >= 0.6 is 0 Å². The van der Waals surface area contributed by atoms with Crippen molar-refractivity contribution in [1.82, 2.24) is 5.32 Å². The second kappa shape index (κ2) is 3.71. The van der Waals surface area contributed by atoms with Gasteiger partial charge in [-0.25, -0.2) is 0 Å². The molecule has 82 valence electrons. The van der Waals surface area contributed by atoms with E-state index >= 15 is 0 Å². The van der Waals surface area contributed by atoms with Gasteiger partial charge in [0, 0.05) is 12.2 Å². The normalized spacial score (nSPS) is 18.7. The highest BCUT2D eigenvalue weighted by Gasteiger charge is 2.18. The van der Waals surface area contributed by atoms with Crippen LogP contribution < -0.4 is 10.1 Å². The molecule has 0 amide bonds. The topological polar surface area (TPSA) is 21.3 Å². The number of fused-ring (bicyclic) bond motifs is 1. The van der Waals surface area contributed by atoms with E-state index in [-0.39, 0.29) is 0 Å². The number of allylic oxidation sites excluding steroid dienone is 2. The summed E-state index contributed by atoms with van der Waals surface area (Å²) in [5.74, 6) is 2.06. The number of dihydropyridines is 1. The van der Waals surface area contributed by atoms with Gasteiger partial charge in [-0.2, -0.15) is 0 Å². The summed E-state index contributed by atoms with van der Waals surface area (Å²) >= 11 is 0. The molecule has 0 unspecified atom stereocenters. The van der Waals surface area contributed by atoms with E-state index in [2.05, 4.69) is 36.5 Å². The molecule has 2 heterocycles. The third kappa shape index (κ3) is 1.60. The molecular formula is C14H15NO. The van der Waals surface area contributed by atoms with Crippen molar-refractivity contribution >= 4 is 0 Å². The quantitative estimate of drug-likeness (QED) is 0.715. The maximum Gasteiger partial charge on any atom is 0.130 e. The Hall–Kier alpha value is -1.70. The van der Waals surface area contributed by atoms with Gasteiger partial charge in [-0.05, 0) is 43.0 Å². The van der Waals surface area contributed by atoms with E-state index in [0.717, 1.165) is 30.9 Å². The first-order valence-electron chi connectivity index (χ1n) is 5.73. The number of nitrogens with one attached hydrogen (secondary N) is 1. The number of aryl methyl sites for hydroxylation is 1. The van der Waals surface area contributed by atoms with Crippen LogP contribution in [0.3, 0.4) is 0 Å². The lowest BCUT2D eigenvalue weighted by molar-refractivity contribution is 0.431. The number of hydrogen-bond acceptors (Lipinski definition) is 2. The van der Waals surface area contributed by atoms with E-state index in [4.69, 9.17) is 4.74 Å². The van der Waals surface area contributed by atoms with Gasteiger partial charge in [0.25, 0.3) is 0 Å². The van der Waals surface area contributed by atoms with Crippen molar-refractivity contribution in [1.29, 1.82) is 0 Å². The van der Waals surface area contributed by atoms with Crippen molar-refractivity contribution in [3.05, 3.63) is 52.9 Å². The summed E-state index contributed by atoms with van der Waals surface area (Å²) in [4.78, 5) is 0. The van der Waals surface area contributed by atoms with Crippen LogP contribution in [0.5, 0.6) is 5.75 Å². The minimum atomic E-state index is 0.922. The largest absolute Gasteiger partial charge is 0.457 e. The third-order valence-electron chi connectivity index (χ3n) is 3.17. The van der Waals surface area contributed by atoms with Crippen LogP contribution in [0.4, 0.5) is 0 Å². The number of para-hydroxylation sites is 1. The molecule has 2 nitrogen and oxygen atoms in total. The van der Waals surface area contributed by atoms with Gasteiger partial charge in [0.15, 0.2) is 0 Å². The minimum Gasteiger partial charge on any atom is -0.457 e. The molecule has 0 aliphatic carbocycles. The molecule has 0 saturated heterocycles. The Bertz CT molecular complexity index is 485. The van der Waals surface area contributed by atoms with Gasteiger partial charge < -0.3 is 10.1 Å².